The minimum Gasteiger partial charge on any atom is -0.496 e. The molecule has 0 saturated carbocycles. The Labute approximate surface area is 257 Å². The van der Waals surface area contributed by atoms with E-state index in [1.54, 1.807) is 7.11 Å². The predicted octanol–water partition coefficient (Wildman–Crippen LogP) is 8.16. The molecule has 0 amide bonds. The number of ether oxygens (including phenoxy) is 2. The Morgan fingerprint density at radius 1 is 0.841 bits per heavy atom. The topological polar surface area (TPSA) is 76.3 Å². The van der Waals surface area contributed by atoms with Crippen LogP contribution in [0.15, 0.2) is 113 Å². The Morgan fingerprint density at radius 3 is 2.39 bits per heavy atom. The third-order valence-electron chi connectivity index (χ3n) is 7.96. The molecule has 5 aromatic rings. The highest BCUT2D eigenvalue weighted by molar-refractivity contribution is 6.51. The van der Waals surface area contributed by atoms with Crippen LogP contribution in [0, 0.1) is 6.92 Å². The molecule has 44 heavy (non-hydrogen) atoms. The zero-order valence-corrected chi connectivity index (χ0v) is 25.1. The molecule has 1 atom stereocenters. The van der Waals surface area contributed by atoms with Gasteiger partial charge in [0.2, 0.25) is 0 Å². The highest BCUT2D eigenvalue weighted by Crippen LogP contribution is 2.49. The molecule has 2 aliphatic heterocycles. The van der Waals surface area contributed by atoms with Gasteiger partial charge in [0.15, 0.2) is 17.5 Å². The molecule has 0 aliphatic carbocycles. The molecule has 1 aromatic heterocycles. The lowest BCUT2D eigenvalue weighted by molar-refractivity contribution is 0.309. The van der Waals surface area contributed by atoms with Crippen LogP contribution in [-0.2, 0) is 0 Å². The first-order valence-corrected chi connectivity index (χ1v) is 15.0. The molecule has 0 spiro atoms. The Balaban J connectivity index is 1.40. The molecule has 0 radical (unpaired) electrons. The molecule has 8 nitrogen and oxygen atoms in total. The number of nitrogens with one attached hydrogen (secondary N) is 1. The van der Waals surface area contributed by atoms with Gasteiger partial charge >= 0.3 is 0 Å². The fraction of sp³-hybridized carbons (Fsp3) is 0.194. The van der Waals surface area contributed by atoms with Crippen molar-refractivity contribution in [2.45, 2.75) is 32.7 Å². The second-order valence-corrected chi connectivity index (χ2v) is 10.8. The zero-order chi connectivity index (χ0) is 30.0. The van der Waals surface area contributed by atoms with Gasteiger partial charge in [-0.3, -0.25) is 0 Å². The van der Waals surface area contributed by atoms with E-state index in [9.17, 15) is 0 Å². The summed E-state index contributed by atoms with van der Waals surface area (Å²) in [6, 6.07) is 34.2. The van der Waals surface area contributed by atoms with Gasteiger partial charge in [-0.2, -0.15) is 5.10 Å². The summed E-state index contributed by atoms with van der Waals surface area (Å²) in [5.74, 6) is 3.76. The Kier molecular flexibility index (Phi) is 7.32. The van der Waals surface area contributed by atoms with Crippen molar-refractivity contribution in [3.8, 4) is 17.2 Å². The minimum atomic E-state index is -0.270. The molecular formula is C36H34N6O2. The third kappa shape index (κ3) is 4.88. The summed E-state index contributed by atoms with van der Waals surface area (Å²) in [5.41, 5.74) is 6.58. The Hall–Kier alpha value is -5.37. The van der Waals surface area contributed by atoms with Crippen LogP contribution in [0.2, 0.25) is 0 Å². The number of unbranched alkanes of at least 4 members (excludes halogenated alkanes) is 1. The van der Waals surface area contributed by atoms with E-state index in [1.807, 2.05) is 95.7 Å². The minimum absolute atomic E-state index is 0.270. The van der Waals surface area contributed by atoms with Crippen molar-refractivity contribution >= 4 is 34.6 Å². The number of benzene rings is 4. The highest BCUT2D eigenvalue weighted by atomic mass is 16.5. The first-order valence-electron chi connectivity index (χ1n) is 15.0. The molecule has 8 heteroatoms. The van der Waals surface area contributed by atoms with Crippen LogP contribution < -0.4 is 19.7 Å². The number of anilines is 2. The lowest BCUT2D eigenvalue weighted by Crippen LogP contribution is -2.46. The molecule has 220 valence electrons. The van der Waals surface area contributed by atoms with E-state index >= 15 is 0 Å². The number of rotatable bonds is 8. The first-order chi connectivity index (χ1) is 21.7. The molecule has 0 bridgehead atoms. The van der Waals surface area contributed by atoms with Crippen molar-refractivity contribution in [3.05, 3.63) is 120 Å². The lowest BCUT2D eigenvalue weighted by Gasteiger charge is -2.41. The number of hydrogen-bond acceptors (Lipinski definition) is 7. The van der Waals surface area contributed by atoms with Crippen LogP contribution >= 0.6 is 0 Å². The molecule has 3 heterocycles. The number of fused-ring (bicyclic) bond motifs is 4. The zero-order valence-electron chi connectivity index (χ0n) is 25.1. The summed E-state index contributed by atoms with van der Waals surface area (Å²) >= 11 is 0. The summed E-state index contributed by atoms with van der Waals surface area (Å²) in [6.45, 7) is 4.92. The monoisotopic (exact) mass is 582 g/mol. The van der Waals surface area contributed by atoms with E-state index in [4.69, 9.17) is 24.6 Å². The van der Waals surface area contributed by atoms with Gasteiger partial charge < -0.3 is 19.7 Å². The second kappa shape index (κ2) is 11.7. The van der Waals surface area contributed by atoms with Crippen molar-refractivity contribution in [3.63, 3.8) is 0 Å². The normalized spacial score (nSPS) is 15.0. The molecular weight excluding hydrogens is 548 g/mol. The van der Waals surface area contributed by atoms with E-state index in [0.717, 1.165) is 69.7 Å². The number of amidine groups is 2. The quantitative estimate of drug-likeness (QED) is 0.187. The van der Waals surface area contributed by atoms with Crippen LogP contribution in [-0.4, -0.2) is 35.2 Å². The van der Waals surface area contributed by atoms with E-state index in [1.165, 1.54) is 0 Å². The molecule has 0 saturated heterocycles. The number of aliphatic imine (C=N–C) groups is 2. The fourth-order valence-corrected chi connectivity index (χ4v) is 5.84. The van der Waals surface area contributed by atoms with Crippen molar-refractivity contribution in [1.82, 2.24) is 9.78 Å². The summed E-state index contributed by atoms with van der Waals surface area (Å²) < 4.78 is 13.8. The second-order valence-electron chi connectivity index (χ2n) is 10.8. The van der Waals surface area contributed by atoms with Gasteiger partial charge in [0, 0.05) is 16.8 Å². The van der Waals surface area contributed by atoms with Gasteiger partial charge in [0.05, 0.1) is 42.5 Å². The highest BCUT2D eigenvalue weighted by Gasteiger charge is 2.42. The van der Waals surface area contributed by atoms with Gasteiger partial charge in [0.1, 0.15) is 11.5 Å². The molecule has 7 rings (SSSR count). The predicted molar refractivity (Wildman–Crippen MR) is 177 cm³/mol. The van der Waals surface area contributed by atoms with Crippen LogP contribution in [0.25, 0.3) is 5.69 Å². The Morgan fingerprint density at radius 2 is 1.59 bits per heavy atom. The SMILES string of the molecule is CCCCOc1ccc(NC2=Nc3ccccc3N3C2=Nc2c(c(C)nn2-c2ccccc2)[C@@H]3c2ccccc2OC)cc1. The molecule has 0 fully saturated rings. The van der Waals surface area contributed by atoms with E-state index in [-0.39, 0.29) is 6.04 Å². The molecule has 4 aromatic carbocycles. The summed E-state index contributed by atoms with van der Waals surface area (Å²) in [4.78, 5) is 12.7. The summed E-state index contributed by atoms with van der Waals surface area (Å²) in [7, 11) is 1.71. The van der Waals surface area contributed by atoms with Crippen LogP contribution in [0.3, 0.4) is 0 Å². The van der Waals surface area contributed by atoms with Crippen LogP contribution in [0.5, 0.6) is 11.5 Å². The maximum absolute atomic E-state index is 5.93. The summed E-state index contributed by atoms with van der Waals surface area (Å²) in [5, 5.41) is 8.60. The standard InChI is InChI=1S/C36H34N6O2/c1-4-5-23-44-27-21-19-25(20-22-27)37-34-36-39-35-32(24(2)40-42(35)26-13-7-6-8-14-26)33(28-15-9-12-18-31(28)43-3)41(36)30-17-11-10-16-29(30)38-34/h6-22,33H,4-5,23H2,1-3H3,(H,37,38)/t33-/m0/s1. The number of aromatic nitrogens is 2. The number of nitrogens with zero attached hydrogens (tertiary/aromatic N) is 5. The van der Waals surface area contributed by atoms with Gasteiger partial charge in [0.25, 0.3) is 0 Å². The van der Waals surface area contributed by atoms with Crippen molar-refractivity contribution in [2.24, 2.45) is 9.98 Å². The van der Waals surface area contributed by atoms with Gasteiger partial charge in [-0.15, -0.1) is 0 Å². The van der Waals surface area contributed by atoms with Gasteiger partial charge in [-0.1, -0.05) is 61.9 Å². The maximum atomic E-state index is 5.93. The fourth-order valence-electron chi connectivity index (χ4n) is 5.84. The smallest absolute Gasteiger partial charge is 0.179 e. The number of hydrogen-bond donors (Lipinski definition) is 1. The average molecular weight is 583 g/mol. The molecule has 2 aliphatic rings. The lowest BCUT2D eigenvalue weighted by atomic mass is 9.92. The maximum Gasteiger partial charge on any atom is 0.179 e. The van der Waals surface area contributed by atoms with Crippen molar-refractivity contribution in [2.75, 3.05) is 23.9 Å². The van der Waals surface area contributed by atoms with Gasteiger partial charge in [-0.05, 0) is 67.9 Å². The number of aryl methyl sites for hydroxylation is 1. The third-order valence-corrected chi connectivity index (χ3v) is 7.96. The number of para-hydroxylation sites is 4. The number of methoxy groups -OCH3 is 1. The van der Waals surface area contributed by atoms with Crippen LogP contribution in [0.4, 0.5) is 22.9 Å². The Bertz CT molecular complexity index is 1860. The van der Waals surface area contributed by atoms with E-state index in [2.05, 4.69) is 36.2 Å². The van der Waals surface area contributed by atoms with E-state index < -0.39 is 0 Å². The van der Waals surface area contributed by atoms with Gasteiger partial charge in [-0.25, -0.2) is 14.7 Å². The van der Waals surface area contributed by atoms with Crippen LogP contribution in [0.1, 0.15) is 42.6 Å². The first kappa shape index (κ1) is 27.5. The van der Waals surface area contributed by atoms with E-state index in [0.29, 0.717) is 18.3 Å². The van der Waals surface area contributed by atoms with Crippen molar-refractivity contribution < 1.29 is 9.47 Å². The average Bonchev–Trinajstić information content (AvgIpc) is 3.41. The summed E-state index contributed by atoms with van der Waals surface area (Å²) in [6.07, 6.45) is 2.13. The largest absolute Gasteiger partial charge is 0.496 e. The molecule has 1 N–H and O–H groups in total. The molecule has 0 unspecified atom stereocenters. The van der Waals surface area contributed by atoms with Crippen molar-refractivity contribution in [1.29, 1.82) is 0 Å².